The summed E-state index contributed by atoms with van der Waals surface area (Å²) in [4.78, 5) is 29.7. The molecule has 2 rings (SSSR count). The predicted molar refractivity (Wildman–Crippen MR) is 66.3 cm³/mol. The van der Waals surface area contributed by atoms with Crippen molar-refractivity contribution in [3.8, 4) is 0 Å². The van der Waals surface area contributed by atoms with Crippen molar-refractivity contribution in [1.82, 2.24) is 14.9 Å². The molecule has 94 valence electrons. The minimum Gasteiger partial charge on any atom is -0.311 e. The standard InChI is InChI=1S/C12H19N3O2/c1-8(2)6-15-4-3-9(7-15)10-5-11(16)14-12(17)13-10/h5,8-9H,3-4,6-7H2,1-2H3,(H2,13,14,16,17). The molecule has 1 aromatic heterocycles. The monoisotopic (exact) mass is 237 g/mol. The number of rotatable bonds is 3. The number of nitrogens with zero attached hydrogens (tertiary/aromatic N) is 1. The van der Waals surface area contributed by atoms with Gasteiger partial charge in [-0.25, -0.2) is 4.79 Å². The third-order valence-corrected chi connectivity index (χ3v) is 3.12. The number of aromatic amines is 2. The molecule has 0 spiro atoms. The van der Waals surface area contributed by atoms with Crippen LogP contribution in [-0.4, -0.2) is 34.5 Å². The third kappa shape index (κ3) is 3.06. The number of likely N-dealkylation sites (tertiary alicyclic amines) is 1. The van der Waals surface area contributed by atoms with E-state index in [1.807, 2.05) is 0 Å². The first-order valence-electron chi connectivity index (χ1n) is 6.10. The van der Waals surface area contributed by atoms with E-state index < -0.39 is 5.69 Å². The van der Waals surface area contributed by atoms with E-state index in [9.17, 15) is 9.59 Å². The van der Waals surface area contributed by atoms with Crippen LogP contribution < -0.4 is 11.2 Å². The van der Waals surface area contributed by atoms with Gasteiger partial charge in [-0.05, 0) is 18.9 Å². The van der Waals surface area contributed by atoms with Crippen LogP contribution in [-0.2, 0) is 0 Å². The highest BCUT2D eigenvalue weighted by Gasteiger charge is 2.25. The Bertz CT molecular complexity index is 461. The van der Waals surface area contributed by atoms with Gasteiger partial charge in [0.1, 0.15) is 0 Å². The Morgan fingerprint density at radius 2 is 2.18 bits per heavy atom. The summed E-state index contributed by atoms with van der Waals surface area (Å²) in [5, 5.41) is 0. The summed E-state index contributed by atoms with van der Waals surface area (Å²) in [6, 6.07) is 1.50. The van der Waals surface area contributed by atoms with Crippen LogP contribution in [0.5, 0.6) is 0 Å². The van der Waals surface area contributed by atoms with Crippen molar-refractivity contribution < 1.29 is 0 Å². The van der Waals surface area contributed by atoms with Gasteiger partial charge in [-0.15, -0.1) is 0 Å². The molecule has 1 aliphatic heterocycles. The molecule has 5 heteroatoms. The van der Waals surface area contributed by atoms with Crippen molar-refractivity contribution in [3.63, 3.8) is 0 Å². The van der Waals surface area contributed by atoms with Crippen molar-refractivity contribution in [2.24, 2.45) is 5.92 Å². The molecule has 1 fully saturated rings. The smallest absolute Gasteiger partial charge is 0.311 e. The van der Waals surface area contributed by atoms with Crippen molar-refractivity contribution in [1.29, 1.82) is 0 Å². The molecule has 1 aliphatic rings. The number of hydrogen-bond acceptors (Lipinski definition) is 3. The molecular weight excluding hydrogens is 218 g/mol. The highest BCUT2D eigenvalue weighted by Crippen LogP contribution is 2.24. The summed E-state index contributed by atoms with van der Waals surface area (Å²) in [6.07, 6.45) is 1.01. The van der Waals surface area contributed by atoms with Gasteiger partial charge in [-0.1, -0.05) is 13.8 Å². The van der Waals surface area contributed by atoms with Crippen molar-refractivity contribution >= 4 is 0 Å². The Balaban J connectivity index is 2.10. The molecule has 1 aromatic rings. The second-order valence-corrected chi connectivity index (χ2v) is 5.18. The molecule has 0 amide bonds. The number of H-pyrrole nitrogens is 2. The van der Waals surface area contributed by atoms with Gasteiger partial charge in [0.05, 0.1) is 0 Å². The fourth-order valence-electron chi connectivity index (χ4n) is 2.48. The number of nitrogens with one attached hydrogen (secondary N) is 2. The van der Waals surface area contributed by atoms with Gasteiger partial charge in [0, 0.05) is 30.8 Å². The van der Waals surface area contributed by atoms with Gasteiger partial charge in [0.15, 0.2) is 0 Å². The van der Waals surface area contributed by atoms with E-state index >= 15 is 0 Å². The van der Waals surface area contributed by atoms with Crippen LogP contribution in [0.1, 0.15) is 31.9 Å². The van der Waals surface area contributed by atoms with Gasteiger partial charge >= 0.3 is 5.69 Å². The quantitative estimate of drug-likeness (QED) is 0.804. The summed E-state index contributed by atoms with van der Waals surface area (Å²) < 4.78 is 0. The van der Waals surface area contributed by atoms with Crippen LogP contribution in [0.3, 0.4) is 0 Å². The summed E-state index contributed by atoms with van der Waals surface area (Å²) in [7, 11) is 0. The first-order valence-corrected chi connectivity index (χ1v) is 6.10. The first kappa shape index (κ1) is 12.1. The van der Waals surface area contributed by atoms with E-state index in [0.29, 0.717) is 5.92 Å². The lowest BCUT2D eigenvalue weighted by molar-refractivity contribution is 0.294. The lowest BCUT2D eigenvalue weighted by Crippen LogP contribution is -2.27. The van der Waals surface area contributed by atoms with Crippen LogP contribution in [0.2, 0.25) is 0 Å². The van der Waals surface area contributed by atoms with E-state index in [4.69, 9.17) is 0 Å². The molecule has 0 saturated carbocycles. The van der Waals surface area contributed by atoms with E-state index in [1.54, 1.807) is 0 Å². The second-order valence-electron chi connectivity index (χ2n) is 5.18. The van der Waals surface area contributed by atoms with Crippen molar-refractivity contribution in [2.45, 2.75) is 26.2 Å². The molecule has 2 heterocycles. The topological polar surface area (TPSA) is 69.0 Å². The molecule has 1 saturated heterocycles. The Hall–Kier alpha value is -1.36. The fraction of sp³-hybridized carbons (Fsp3) is 0.667. The van der Waals surface area contributed by atoms with Crippen LogP contribution in [0, 0.1) is 5.92 Å². The summed E-state index contributed by atoms with van der Waals surface area (Å²) in [5.74, 6) is 0.927. The minimum atomic E-state index is -0.408. The average molecular weight is 237 g/mol. The SMILES string of the molecule is CC(C)CN1CCC(c2cc(=O)[nH]c(=O)[nH]2)C1. The molecule has 0 radical (unpaired) electrons. The molecule has 5 nitrogen and oxygen atoms in total. The third-order valence-electron chi connectivity index (χ3n) is 3.12. The summed E-state index contributed by atoms with van der Waals surface area (Å²) >= 11 is 0. The van der Waals surface area contributed by atoms with Crippen LogP contribution in [0.25, 0.3) is 0 Å². The highest BCUT2D eigenvalue weighted by atomic mass is 16.2. The first-order chi connectivity index (χ1) is 8.04. The lowest BCUT2D eigenvalue weighted by atomic mass is 10.1. The Kier molecular flexibility index (Phi) is 3.47. The van der Waals surface area contributed by atoms with E-state index in [1.165, 1.54) is 6.07 Å². The largest absolute Gasteiger partial charge is 0.325 e. The van der Waals surface area contributed by atoms with E-state index in [2.05, 4.69) is 28.7 Å². The molecule has 0 aliphatic carbocycles. The van der Waals surface area contributed by atoms with E-state index in [0.717, 1.165) is 31.7 Å². The maximum Gasteiger partial charge on any atom is 0.325 e. The lowest BCUT2D eigenvalue weighted by Gasteiger charge is -2.18. The molecule has 0 aromatic carbocycles. The van der Waals surface area contributed by atoms with Crippen LogP contribution in [0.4, 0.5) is 0 Å². The zero-order valence-corrected chi connectivity index (χ0v) is 10.3. The van der Waals surface area contributed by atoms with Gasteiger partial charge in [0.2, 0.25) is 0 Å². The zero-order chi connectivity index (χ0) is 12.4. The maximum absolute atomic E-state index is 11.2. The van der Waals surface area contributed by atoms with Gasteiger partial charge in [-0.3, -0.25) is 9.78 Å². The Morgan fingerprint density at radius 3 is 2.82 bits per heavy atom. The maximum atomic E-state index is 11.2. The van der Waals surface area contributed by atoms with Gasteiger partial charge in [-0.2, -0.15) is 0 Å². The average Bonchev–Trinajstić information content (AvgIpc) is 2.63. The predicted octanol–water partition coefficient (Wildman–Crippen LogP) is 0.509. The minimum absolute atomic E-state index is 0.281. The molecule has 1 unspecified atom stereocenters. The van der Waals surface area contributed by atoms with Gasteiger partial charge in [0.25, 0.3) is 5.56 Å². The molecule has 1 atom stereocenters. The Morgan fingerprint density at radius 1 is 1.41 bits per heavy atom. The van der Waals surface area contributed by atoms with Crippen LogP contribution >= 0.6 is 0 Å². The number of aromatic nitrogens is 2. The molecule has 17 heavy (non-hydrogen) atoms. The molecule has 0 bridgehead atoms. The normalized spacial score (nSPS) is 21.2. The summed E-state index contributed by atoms with van der Waals surface area (Å²) in [5.41, 5.74) is 0.0471. The van der Waals surface area contributed by atoms with E-state index in [-0.39, 0.29) is 11.5 Å². The fourth-order valence-corrected chi connectivity index (χ4v) is 2.48. The van der Waals surface area contributed by atoms with Crippen molar-refractivity contribution in [3.05, 3.63) is 32.6 Å². The highest BCUT2D eigenvalue weighted by molar-refractivity contribution is 5.09. The van der Waals surface area contributed by atoms with Crippen molar-refractivity contribution in [2.75, 3.05) is 19.6 Å². The molecule has 2 N–H and O–H groups in total. The van der Waals surface area contributed by atoms with Gasteiger partial charge < -0.3 is 9.88 Å². The second kappa shape index (κ2) is 4.87. The zero-order valence-electron chi connectivity index (χ0n) is 10.3. The Labute approximate surface area is 99.9 Å². The van der Waals surface area contributed by atoms with Crippen LogP contribution in [0.15, 0.2) is 15.7 Å². The number of hydrogen-bond donors (Lipinski definition) is 2. The summed E-state index contributed by atoms with van der Waals surface area (Å²) in [6.45, 7) is 7.43. The molecular formula is C12H19N3O2.